The molecule has 0 aromatic carbocycles. The van der Waals surface area contributed by atoms with E-state index in [4.69, 9.17) is 0 Å². The fourth-order valence-electron chi connectivity index (χ4n) is 2.15. The Morgan fingerprint density at radius 3 is 2.67 bits per heavy atom. The van der Waals surface area contributed by atoms with Gasteiger partial charge in [0.1, 0.15) is 17.5 Å². The molecule has 4 heteroatoms. The number of aryl methyl sites for hydroxylation is 1. The first-order valence-electron chi connectivity index (χ1n) is 7.02. The van der Waals surface area contributed by atoms with Crippen molar-refractivity contribution < 1.29 is 0 Å². The molecule has 1 aliphatic rings. The van der Waals surface area contributed by atoms with Crippen molar-refractivity contribution in [3.05, 3.63) is 11.9 Å². The number of aromatic nitrogens is 2. The summed E-state index contributed by atoms with van der Waals surface area (Å²) in [6.45, 7) is 5.48. The molecule has 1 saturated carbocycles. The Kier molecular flexibility index (Phi) is 4.39. The van der Waals surface area contributed by atoms with Crippen molar-refractivity contribution in [2.24, 2.45) is 11.8 Å². The van der Waals surface area contributed by atoms with Gasteiger partial charge < -0.3 is 10.6 Å². The average Bonchev–Trinajstić information content (AvgIpc) is 3.20. The van der Waals surface area contributed by atoms with Crippen molar-refractivity contribution in [1.29, 1.82) is 0 Å². The summed E-state index contributed by atoms with van der Waals surface area (Å²) in [4.78, 5) is 9.01. The minimum atomic E-state index is 0.743. The maximum atomic E-state index is 4.56. The lowest BCUT2D eigenvalue weighted by Crippen LogP contribution is -2.15. The second-order valence-electron chi connectivity index (χ2n) is 5.25. The number of hydrogen-bond donors (Lipinski definition) is 2. The summed E-state index contributed by atoms with van der Waals surface area (Å²) in [6.07, 6.45) is 4.80. The molecule has 4 nitrogen and oxygen atoms in total. The third kappa shape index (κ3) is 3.59. The molecule has 0 spiro atoms. The van der Waals surface area contributed by atoms with Gasteiger partial charge in [0, 0.05) is 26.1 Å². The van der Waals surface area contributed by atoms with Crippen molar-refractivity contribution in [2.75, 3.05) is 24.2 Å². The largest absolute Gasteiger partial charge is 0.373 e. The average molecular weight is 248 g/mol. The Hall–Kier alpha value is -1.32. The normalized spacial score (nSPS) is 16.4. The molecule has 0 amide bonds. The first kappa shape index (κ1) is 13.1. The van der Waals surface area contributed by atoms with Gasteiger partial charge in [0.15, 0.2) is 0 Å². The molecule has 1 fully saturated rings. The Morgan fingerprint density at radius 1 is 1.33 bits per heavy atom. The van der Waals surface area contributed by atoms with Crippen molar-refractivity contribution in [1.82, 2.24) is 9.97 Å². The van der Waals surface area contributed by atoms with E-state index in [1.807, 2.05) is 13.1 Å². The van der Waals surface area contributed by atoms with Gasteiger partial charge in [0.2, 0.25) is 0 Å². The predicted molar refractivity (Wildman–Crippen MR) is 76.0 cm³/mol. The zero-order valence-corrected chi connectivity index (χ0v) is 11.7. The maximum absolute atomic E-state index is 4.56. The van der Waals surface area contributed by atoms with Crippen molar-refractivity contribution in [2.45, 2.75) is 39.5 Å². The molecular formula is C14H24N4. The molecule has 1 heterocycles. The van der Waals surface area contributed by atoms with Crippen molar-refractivity contribution in [3.8, 4) is 0 Å². The summed E-state index contributed by atoms with van der Waals surface area (Å²) in [5.41, 5.74) is 0. The van der Waals surface area contributed by atoms with Crippen LogP contribution < -0.4 is 10.6 Å². The molecule has 18 heavy (non-hydrogen) atoms. The van der Waals surface area contributed by atoms with Crippen molar-refractivity contribution in [3.63, 3.8) is 0 Å². The standard InChI is InChI=1S/C14H24N4/c1-4-5-12-17-13(15-3)8-14(18-12)16-9-10(2)11-6-7-11/h8,10-11H,4-7,9H2,1-3H3,(H2,15,16,17,18). The molecule has 0 aliphatic heterocycles. The Balaban J connectivity index is 1.98. The van der Waals surface area contributed by atoms with Crippen LogP contribution in [0.2, 0.25) is 0 Å². The van der Waals surface area contributed by atoms with Gasteiger partial charge in [-0.2, -0.15) is 0 Å². The van der Waals surface area contributed by atoms with Gasteiger partial charge in [0.25, 0.3) is 0 Å². The number of anilines is 2. The molecule has 100 valence electrons. The summed E-state index contributed by atoms with van der Waals surface area (Å²) in [5.74, 6) is 4.44. The van der Waals surface area contributed by atoms with Crippen LogP contribution in [-0.4, -0.2) is 23.6 Å². The molecule has 0 saturated heterocycles. The molecule has 2 N–H and O–H groups in total. The third-order valence-corrected chi connectivity index (χ3v) is 3.53. The number of rotatable bonds is 7. The fraction of sp³-hybridized carbons (Fsp3) is 0.714. The molecule has 1 atom stereocenters. The van der Waals surface area contributed by atoms with Crippen LogP contribution in [0.25, 0.3) is 0 Å². The van der Waals surface area contributed by atoms with Crippen LogP contribution in [0.1, 0.15) is 38.9 Å². The van der Waals surface area contributed by atoms with Crippen LogP contribution in [0.5, 0.6) is 0 Å². The van der Waals surface area contributed by atoms with E-state index in [2.05, 4.69) is 34.4 Å². The van der Waals surface area contributed by atoms with E-state index in [0.717, 1.165) is 48.7 Å². The molecule has 0 bridgehead atoms. The quantitative estimate of drug-likeness (QED) is 0.779. The molecule has 1 unspecified atom stereocenters. The highest BCUT2D eigenvalue weighted by Gasteiger charge is 2.27. The van der Waals surface area contributed by atoms with E-state index in [1.54, 1.807) is 0 Å². The van der Waals surface area contributed by atoms with Gasteiger partial charge >= 0.3 is 0 Å². The van der Waals surface area contributed by atoms with Crippen LogP contribution in [0.3, 0.4) is 0 Å². The van der Waals surface area contributed by atoms with Gasteiger partial charge in [-0.3, -0.25) is 0 Å². The second kappa shape index (κ2) is 6.03. The minimum Gasteiger partial charge on any atom is -0.373 e. The molecule has 0 radical (unpaired) electrons. The summed E-state index contributed by atoms with van der Waals surface area (Å²) in [7, 11) is 1.90. The molecule has 2 rings (SSSR count). The first-order valence-corrected chi connectivity index (χ1v) is 7.02. The minimum absolute atomic E-state index is 0.743. The monoisotopic (exact) mass is 248 g/mol. The van der Waals surface area contributed by atoms with Gasteiger partial charge in [0.05, 0.1) is 0 Å². The summed E-state index contributed by atoms with van der Waals surface area (Å²) < 4.78 is 0. The number of hydrogen-bond acceptors (Lipinski definition) is 4. The van der Waals surface area contributed by atoms with Gasteiger partial charge in [-0.1, -0.05) is 13.8 Å². The van der Waals surface area contributed by atoms with E-state index >= 15 is 0 Å². The van der Waals surface area contributed by atoms with Crippen LogP contribution in [-0.2, 0) is 6.42 Å². The molecule has 1 aliphatic carbocycles. The lowest BCUT2D eigenvalue weighted by atomic mass is 10.1. The van der Waals surface area contributed by atoms with Crippen molar-refractivity contribution >= 4 is 11.6 Å². The summed E-state index contributed by atoms with van der Waals surface area (Å²) in [5, 5.41) is 6.55. The lowest BCUT2D eigenvalue weighted by molar-refractivity contribution is 0.535. The topological polar surface area (TPSA) is 49.8 Å². The van der Waals surface area contributed by atoms with Crippen LogP contribution in [0, 0.1) is 11.8 Å². The number of nitrogens with one attached hydrogen (secondary N) is 2. The summed E-state index contributed by atoms with van der Waals surface area (Å²) >= 11 is 0. The zero-order valence-electron chi connectivity index (χ0n) is 11.7. The lowest BCUT2D eigenvalue weighted by Gasteiger charge is -2.13. The highest BCUT2D eigenvalue weighted by Crippen LogP contribution is 2.36. The Bertz CT molecular complexity index is 387. The molecule has 1 aromatic rings. The zero-order chi connectivity index (χ0) is 13.0. The van der Waals surface area contributed by atoms with Crippen LogP contribution in [0.4, 0.5) is 11.6 Å². The summed E-state index contributed by atoms with van der Waals surface area (Å²) in [6, 6.07) is 1.98. The Morgan fingerprint density at radius 2 is 2.06 bits per heavy atom. The van der Waals surface area contributed by atoms with Crippen LogP contribution >= 0.6 is 0 Å². The number of nitrogens with zero attached hydrogens (tertiary/aromatic N) is 2. The SMILES string of the molecule is CCCc1nc(NC)cc(NCC(C)C2CC2)n1. The van der Waals surface area contributed by atoms with Crippen LogP contribution in [0.15, 0.2) is 6.07 Å². The highest BCUT2D eigenvalue weighted by atomic mass is 15.1. The maximum Gasteiger partial charge on any atom is 0.133 e. The van der Waals surface area contributed by atoms with E-state index in [0.29, 0.717) is 0 Å². The molecule has 1 aromatic heterocycles. The first-order chi connectivity index (χ1) is 8.72. The van der Waals surface area contributed by atoms with E-state index in [9.17, 15) is 0 Å². The predicted octanol–water partition coefficient (Wildman–Crippen LogP) is 2.93. The van der Waals surface area contributed by atoms with Gasteiger partial charge in [-0.05, 0) is 31.1 Å². The van der Waals surface area contributed by atoms with E-state index < -0.39 is 0 Å². The molecular weight excluding hydrogens is 224 g/mol. The fourth-order valence-corrected chi connectivity index (χ4v) is 2.15. The smallest absolute Gasteiger partial charge is 0.133 e. The van der Waals surface area contributed by atoms with E-state index in [1.165, 1.54) is 12.8 Å². The highest BCUT2D eigenvalue weighted by molar-refractivity contribution is 5.47. The van der Waals surface area contributed by atoms with Gasteiger partial charge in [-0.15, -0.1) is 0 Å². The van der Waals surface area contributed by atoms with Gasteiger partial charge in [-0.25, -0.2) is 9.97 Å². The Labute approximate surface area is 110 Å². The second-order valence-corrected chi connectivity index (χ2v) is 5.25. The third-order valence-electron chi connectivity index (χ3n) is 3.53. The van der Waals surface area contributed by atoms with E-state index in [-0.39, 0.29) is 0 Å².